The van der Waals surface area contributed by atoms with Crippen molar-refractivity contribution in [1.82, 2.24) is 10.4 Å². The van der Waals surface area contributed by atoms with Crippen LogP contribution in [0.3, 0.4) is 0 Å². The predicted octanol–water partition coefficient (Wildman–Crippen LogP) is 2.25. The fourth-order valence-corrected chi connectivity index (χ4v) is 2.07. The zero-order valence-corrected chi connectivity index (χ0v) is 10.1. The van der Waals surface area contributed by atoms with Gasteiger partial charge in [0.05, 0.1) is 6.04 Å². The van der Waals surface area contributed by atoms with Crippen molar-refractivity contribution in [3.05, 3.63) is 65.0 Å². The molecule has 0 amide bonds. The molecule has 0 spiro atoms. The molecule has 3 heteroatoms. The number of pyridine rings is 1. The molecule has 0 aliphatic carbocycles. The van der Waals surface area contributed by atoms with Crippen LogP contribution in [0.4, 0.5) is 0 Å². The Morgan fingerprint density at radius 3 is 2.41 bits per heavy atom. The third-order valence-electron chi connectivity index (χ3n) is 2.94. The Balaban J connectivity index is 2.42. The smallest absolute Gasteiger partial charge is 0.0713 e. The molecule has 3 N–H and O–H groups in total. The fourth-order valence-electron chi connectivity index (χ4n) is 2.07. The molecule has 0 saturated carbocycles. The van der Waals surface area contributed by atoms with Gasteiger partial charge in [-0.25, -0.2) is 5.43 Å². The number of nitrogens with one attached hydrogen (secondary N) is 1. The molecule has 0 saturated heterocycles. The lowest BCUT2D eigenvalue weighted by Crippen LogP contribution is -2.29. The van der Waals surface area contributed by atoms with Gasteiger partial charge in [-0.2, -0.15) is 0 Å². The zero-order valence-electron chi connectivity index (χ0n) is 10.1. The van der Waals surface area contributed by atoms with Gasteiger partial charge in [0.25, 0.3) is 0 Å². The Bertz CT molecular complexity index is 494. The molecule has 3 nitrogen and oxygen atoms in total. The molecule has 2 aromatic rings. The number of benzene rings is 1. The molecule has 0 aliphatic rings. The normalized spacial score (nSPS) is 12.4. The van der Waals surface area contributed by atoms with E-state index in [0.29, 0.717) is 0 Å². The molecule has 1 aromatic heterocycles. The minimum atomic E-state index is 0.0126. The molecule has 17 heavy (non-hydrogen) atoms. The lowest BCUT2D eigenvalue weighted by molar-refractivity contribution is 0.633. The van der Waals surface area contributed by atoms with Crippen molar-refractivity contribution < 1.29 is 0 Å². The molecule has 1 atom stereocenters. The maximum Gasteiger partial charge on any atom is 0.0713 e. The van der Waals surface area contributed by atoms with Crippen LogP contribution in [-0.4, -0.2) is 4.98 Å². The maximum atomic E-state index is 5.67. The van der Waals surface area contributed by atoms with E-state index in [9.17, 15) is 0 Å². The minimum Gasteiger partial charge on any atom is -0.271 e. The molecule has 88 valence electrons. The van der Waals surface area contributed by atoms with Crippen LogP contribution in [0, 0.1) is 13.8 Å². The molecular weight excluding hydrogens is 210 g/mol. The average Bonchev–Trinajstić information content (AvgIpc) is 2.34. The summed E-state index contributed by atoms with van der Waals surface area (Å²) in [6.45, 7) is 4.20. The number of hydrogen-bond donors (Lipinski definition) is 2. The summed E-state index contributed by atoms with van der Waals surface area (Å²) in [7, 11) is 0. The highest BCUT2D eigenvalue weighted by atomic mass is 15.2. The Kier molecular flexibility index (Phi) is 3.52. The standard InChI is InChI=1S/C14H17N3/c1-10-3-4-13(11(2)9-10)14(17-15)12-5-7-16-8-6-12/h3-9,14,17H,15H2,1-2H3. The Morgan fingerprint density at radius 1 is 1.12 bits per heavy atom. The van der Waals surface area contributed by atoms with E-state index in [2.05, 4.69) is 42.5 Å². The van der Waals surface area contributed by atoms with Crippen molar-refractivity contribution in [2.24, 2.45) is 5.84 Å². The summed E-state index contributed by atoms with van der Waals surface area (Å²) in [5.74, 6) is 5.67. The zero-order chi connectivity index (χ0) is 12.3. The van der Waals surface area contributed by atoms with Gasteiger partial charge in [0, 0.05) is 12.4 Å². The van der Waals surface area contributed by atoms with Crippen LogP contribution in [-0.2, 0) is 0 Å². The monoisotopic (exact) mass is 227 g/mol. The van der Waals surface area contributed by atoms with E-state index in [1.54, 1.807) is 12.4 Å². The molecule has 0 fully saturated rings. The fraction of sp³-hybridized carbons (Fsp3) is 0.214. The molecule has 2 rings (SSSR count). The molecule has 0 bridgehead atoms. The Hall–Kier alpha value is -1.71. The van der Waals surface area contributed by atoms with Crippen molar-refractivity contribution in [3.63, 3.8) is 0 Å². The number of aryl methyl sites for hydroxylation is 2. The van der Waals surface area contributed by atoms with Crippen molar-refractivity contribution in [2.75, 3.05) is 0 Å². The summed E-state index contributed by atoms with van der Waals surface area (Å²) in [5.41, 5.74) is 7.69. The van der Waals surface area contributed by atoms with Crippen molar-refractivity contribution in [3.8, 4) is 0 Å². The summed E-state index contributed by atoms with van der Waals surface area (Å²) in [4.78, 5) is 4.02. The van der Waals surface area contributed by atoms with Crippen LogP contribution in [0.15, 0.2) is 42.7 Å². The van der Waals surface area contributed by atoms with Gasteiger partial charge in [-0.1, -0.05) is 23.8 Å². The molecule has 1 unspecified atom stereocenters. The highest BCUT2D eigenvalue weighted by molar-refractivity contribution is 5.38. The van der Waals surface area contributed by atoms with Gasteiger partial charge in [-0.15, -0.1) is 0 Å². The van der Waals surface area contributed by atoms with Gasteiger partial charge in [-0.05, 0) is 42.7 Å². The van der Waals surface area contributed by atoms with Crippen LogP contribution in [0.1, 0.15) is 28.3 Å². The van der Waals surface area contributed by atoms with E-state index < -0.39 is 0 Å². The second kappa shape index (κ2) is 5.08. The van der Waals surface area contributed by atoms with Crippen molar-refractivity contribution in [1.29, 1.82) is 0 Å². The molecule has 1 aromatic carbocycles. The van der Waals surface area contributed by atoms with E-state index in [0.717, 1.165) is 5.56 Å². The lowest BCUT2D eigenvalue weighted by atomic mass is 9.95. The number of hydrogen-bond acceptors (Lipinski definition) is 3. The van der Waals surface area contributed by atoms with Crippen molar-refractivity contribution >= 4 is 0 Å². The van der Waals surface area contributed by atoms with E-state index in [4.69, 9.17) is 5.84 Å². The molecule has 0 aliphatic heterocycles. The third kappa shape index (κ3) is 2.52. The minimum absolute atomic E-state index is 0.0126. The first-order chi connectivity index (χ1) is 8.22. The lowest BCUT2D eigenvalue weighted by Gasteiger charge is -2.19. The number of nitrogens with two attached hydrogens (primary N) is 1. The molecule has 0 radical (unpaired) electrons. The van der Waals surface area contributed by atoms with Crippen LogP contribution >= 0.6 is 0 Å². The maximum absolute atomic E-state index is 5.67. The summed E-state index contributed by atoms with van der Waals surface area (Å²) in [5, 5.41) is 0. The van der Waals surface area contributed by atoms with E-state index in [1.807, 2.05) is 12.1 Å². The van der Waals surface area contributed by atoms with Gasteiger partial charge >= 0.3 is 0 Å². The summed E-state index contributed by atoms with van der Waals surface area (Å²) >= 11 is 0. The number of aromatic nitrogens is 1. The Labute approximate surface area is 102 Å². The number of nitrogens with zero attached hydrogens (tertiary/aromatic N) is 1. The van der Waals surface area contributed by atoms with Gasteiger partial charge in [-0.3, -0.25) is 10.8 Å². The van der Waals surface area contributed by atoms with Gasteiger partial charge in [0.2, 0.25) is 0 Å². The van der Waals surface area contributed by atoms with Gasteiger partial charge < -0.3 is 0 Å². The number of hydrazine groups is 1. The van der Waals surface area contributed by atoms with Crippen LogP contribution < -0.4 is 11.3 Å². The van der Waals surface area contributed by atoms with Gasteiger partial charge in [0.15, 0.2) is 0 Å². The van der Waals surface area contributed by atoms with E-state index in [1.165, 1.54) is 16.7 Å². The first-order valence-corrected chi connectivity index (χ1v) is 5.65. The van der Waals surface area contributed by atoms with Gasteiger partial charge in [0.1, 0.15) is 0 Å². The highest BCUT2D eigenvalue weighted by Gasteiger charge is 2.13. The molecular formula is C14H17N3. The largest absolute Gasteiger partial charge is 0.271 e. The van der Waals surface area contributed by atoms with E-state index >= 15 is 0 Å². The first-order valence-electron chi connectivity index (χ1n) is 5.65. The summed E-state index contributed by atoms with van der Waals surface area (Å²) < 4.78 is 0. The van der Waals surface area contributed by atoms with Crippen LogP contribution in [0.5, 0.6) is 0 Å². The first kappa shape index (κ1) is 11.8. The quantitative estimate of drug-likeness (QED) is 0.624. The van der Waals surface area contributed by atoms with Crippen molar-refractivity contribution in [2.45, 2.75) is 19.9 Å². The van der Waals surface area contributed by atoms with Crippen LogP contribution in [0.2, 0.25) is 0 Å². The SMILES string of the molecule is Cc1ccc(C(NN)c2ccncc2)c(C)c1. The summed E-state index contributed by atoms with van der Waals surface area (Å²) in [6.07, 6.45) is 3.56. The molecule has 1 heterocycles. The van der Waals surface area contributed by atoms with E-state index in [-0.39, 0.29) is 6.04 Å². The Morgan fingerprint density at radius 2 is 1.82 bits per heavy atom. The summed E-state index contributed by atoms with van der Waals surface area (Å²) in [6, 6.07) is 10.4. The number of rotatable bonds is 3. The second-order valence-corrected chi connectivity index (χ2v) is 4.24. The topological polar surface area (TPSA) is 50.9 Å². The van der Waals surface area contributed by atoms with Crippen LogP contribution in [0.25, 0.3) is 0 Å². The highest BCUT2D eigenvalue weighted by Crippen LogP contribution is 2.24. The third-order valence-corrected chi connectivity index (χ3v) is 2.94. The average molecular weight is 227 g/mol. The predicted molar refractivity (Wildman–Crippen MR) is 69.3 cm³/mol. The second-order valence-electron chi connectivity index (χ2n) is 4.24.